The summed E-state index contributed by atoms with van der Waals surface area (Å²) in [5, 5.41) is 67.7. The second kappa shape index (κ2) is 13.0. The Morgan fingerprint density at radius 2 is 1.53 bits per heavy atom. The summed E-state index contributed by atoms with van der Waals surface area (Å²) in [6.45, 7) is 0. The van der Waals surface area contributed by atoms with Gasteiger partial charge in [-0.25, -0.2) is 14.8 Å². The molecule has 0 aliphatic rings. The molecule has 232 valence electrons. The van der Waals surface area contributed by atoms with Gasteiger partial charge >= 0.3 is 11.9 Å². The van der Waals surface area contributed by atoms with Crippen LogP contribution in [0.1, 0.15) is 20.7 Å². The molecule has 0 bridgehead atoms. The fourth-order valence-corrected chi connectivity index (χ4v) is 5.05. The molecule has 4 rings (SSSR count). The zero-order valence-electron chi connectivity index (χ0n) is 21.8. The number of phenolic OH excluding ortho intramolecular Hbond substituents is 1. The van der Waals surface area contributed by atoms with E-state index in [1.165, 1.54) is 24.3 Å². The highest BCUT2D eigenvalue weighted by Crippen LogP contribution is 2.50. The molecule has 0 aromatic heterocycles. The van der Waals surface area contributed by atoms with E-state index in [2.05, 4.69) is 29.8 Å². The highest BCUT2D eigenvalue weighted by atomic mass is 32.2. The SMILES string of the molecule is Nc1c(N=Nc2cc([N+](=O)[O-])ccc2C(=O)O)cc(S(=O)(=O)O)c2cc(SOOO)c(N=Nc3ccccc3C(=O)O)c(O)c12. The summed E-state index contributed by atoms with van der Waals surface area (Å²) in [5.74, 6) is -3.79. The number of nitrogen functional groups attached to an aromatic ring is 1. The van der Waals surface area contributed by atoms with Crippen LogP contribution in [0.5, 0.6) is 5.75 Å². The van der Waals surface area contributed by atoms with E-state index in [1.807, 2.05) is 0 Å². The number of aromatic hydroxyl groups is 1. The molecule has 45 heavy (non-hydrogen) atoms. The van der Waals surface area contributed by atoms with E-state index >= 15 is 0 Å². The minimum Gasteiger partial charge on any atom is -0.505 e. The highest BCUT2D eigenvalue weighted by molar-refractivity contribution is 7.94. The monoisotopic (exact) mass is 660 g/mol. The third-order valence-corrected chi connectivity index (χ3v) is 7.34. The van der Waals surface area contributed by atoms with Crippen molar-refractivity contribution in [3.8, 4) is 5.75 Å². The Hall–Kier alpha value is -5.58. The number of rotatable bonds is 11. The normalized spacial score (nSPS) is 11.9. The number of hydrogen-bond donors (Lipinski definition) is 6. The summed E-state index contributed by atoms with van der Waals surface area (Å²) in [7, 11) is -5.13. The van der Waals surface area contributed by atoms with Crippen molar-refractivity contribution in [2.75, 3.05) is 5.73 Å². The topological polar surface area (TPSA) is 306 Å². The number of nitrogens with zero attached hydrogens (tertiary/aromatic N) is 5. The predicted molar refractivity (Wildman–Crippen MR) is 152 cm³/mol. The van der Waals surface area contributed by atoms with Crippen molar-refractivity contribution < 1.29 is 57.4 Å². The van der Waals surface area contributed by atoms with E-state index in [4.69, 9.17) is 11.0 Å². The van der Waals surface area contributed by atoms with Crippen LogP contribution in [0.15, 0.2) is 84.8 Å². The lowest BCUT2D eigenvalue weighted by atomic mass is 10.0. The van der Waals surface area contributed by atoms with Crippen LogP contribution in [0.3, 0.4) is 0 Å². The Kier molecular flexibility index (Phi) is 9.32. The Morgan fingerprint density at radius 1 is 0.911 bits per heavy atom. The summed E-state index contributed by atoms with van der Waals surface area (Å²) < 4.78 is 39.2. The fourth-order valence-electron chi connectivity index (χ4n) is 3.87. The van der Waals surface area contributed by atoms with E-state index in [9.17, 15) is 48.0 Å². The number of nitro benzene ring substituents is 1. The van der Waals surface area contributed by atoms with Gasteiger partial charge in [-0.05, 0) is 30.3 Å². The molecule has 0 saturated heterocycles. The third-order valence-electron chi connectivity index (χ3n) is 5.83. The number of anilines is 1. The lowest BCUT2D eigenvalue weighted by Crippen LogP contribution is -2.02. The zero-order chi connectivity index (χ0) is 33.1. The molecule has 19 nitrogen and oxygen atoms in total. The second-order valence-corrected chi connectivity index (χ2v) is 10.6. The van der Waals surface area contributed by atoms with E-state index in [0.717, 1.165) is 30.3 Å². The van der Waals surface area contributed by atoms with Crippen molar-refractivity contribution in [2.24, 2.45) is 20.5 Å². The molecule has 0 amide bonds. The number of nitrogens with two attached hydrogens (primary N) is 1. The minimum atomic E-state index is -5.13. The average Bonchev–Trinajstić information content (AvgIpc) is 2.98. The maximum absolute atomic E-state index is 12.4. The first-order valence-electron chi connectivity index (χ1n) is 11.7. The standard InChI is InChI=1S/C24H16N6O13S2/c25-20-16(28-27-15-7-10(30(36)37)5-6-12(15)24(34)35)9-18(45(39,40)41)13-8-17(44-43-42-38)21(22(31)19(13)20)29-26-14-4-2-1-3-11(14)23(32)33/h1-9,31,38H,25H2,(H,32,33)(H,34,35)(H,39,40,41). The molecular weight excluding hydrogens is 644 g/mol. The largest absolute Gasteiger partial charge is 0.505 e. The van der Waals surface area contributed by atoms with Gasteiger partial charge in [0.15, 0.2) is 5.75 Å². The van der Waals surface area contributed by atoms with E-state index in [1.54, 1.807) is 0 Å². The first kappa shape index (κ1) is 32.3. The summed E-state index contributed by atoms with van der Waals surface area (Å²) in [6, 6.07) is 9.67. The van der Waals surface area contributed by atoms with Crippen LogP contribution in [0.25, 0.3) is 10.8 Å². The summed E-state index contributed by atoms with van der Waals surface area (Å²) in [6.07, 6.45) is 0. The lowest BCUT2D eigenvalue weighted by Gasteiger charge is -2.14. The quantitative estimate of drug-likeness (QED) is 0.0206. The van der Waals surface area contributed by atoms with Crippen molar-refractivity contribution in [3.63, 3.8) is 0 Å². The van der Waals surface area contributed by atoms with Crippen molar-refractivity contribution in [3.05, 3.63) is 75.8 Å². The Bertz CT molecular complexity index is 2050. The fraction of sp³-hybridized carbons (Fsp3) is 0. The third kappa shape index (κ3) is 6.82. The van der Waals surface area contributed by atoms with Crippen LogP contribution in [0.4, 0.5) is 34.1 Å². The van der Waals surface area contributed by atoms with Crippen LogP contribution in [-0.2, 0) is 19.5 Å². The van der Waals surface area contributed by atoms with Gasteiger partial charge in [0, 0.05) is 17.5 Å². The van der Waals surface area contributed by atoms with Crippen LogP contribution in [0, 0.1) is 10.1 Å². The number of carboxylic acids is 2. The Balaban J connectivity index is 2.01. The van der Waals surface area contributed by atoms with Crippen LogP contribution in [0.2, 0.25) is 0 Å². The van der Waals surface area contributed by atoms with Gasteiger partial charge in [0.25, 0.3) is 15.8 Å². The molecule has 7 N–H and O–H groups in total. The van der Waals surface area contributed by atoms with E-state index in [0.29, 0.717) is 0 Å². The van der Waals surface area contributed by atoms with Crippen molar-refractivity contribution in [1.29, 1.82) is 0 Å². The summed E-state index contributed by atoms with van der Waals surface area (Å²) >= 11 is 0.194. The highest BCUT2D eigenvalue weighted by Gasteiger charge is 2.26. The molecule has 0 fully saturated rings. The summed E-state index contributed by atoms with van der Waals surface area (Å²) in [5.41, 5.74) is 2.60. The molecular formula is C24H16N6O13S2. The molecule has 4 aromatic carbocycles. The number of non-ortho nitro benzene ring substituents is 1. The minimum absolute atomic E-state index is 0.167. The molecule has 21 heteroatoms. The van der Waals surface area contributed by atoms with Crippen LogP contribution in [-0.4, -0.2) is 50.4 Å². The van der Waals surface area contributed by atoms with Crippen LogP contribution >= 0.6 is 12.0 Å². The van der Waals surface area contributed by atoms with E-state index < -0.39 is 82.4 Å². The molecule has 0 aliphatic heterocycles. The number of phenols is 1. The second-order valence-electron chi connectivity index (χ2n) is 8.49. The maximum atomic E-state index is 12.4. The van der Waals surface area contributed by atoms with Gasteiger partial charge in [0.2, 0.25) is 0 Å². The number of carbonyl (C=O) groups is 2. The van der Waals surface area contributed by atoms with Crippen molar-refractivity contribution in [1.82, 2.24) is 0 Å². The Labute approximate surface area is 253 Å². The number of carboxylic acid groups (broad SMARTS) is 2. The number of hydrogen-bond acceptors (Lipinski definition) is 16. The van der Waals surface area contributed by atoms with Gasteiger partial charge in [-0.3, -0.25) is 14.7 Å². The number of nitro groups is 1. The average molecular weight is 661 g/mol. The van der Waals surface area contributed by atoms with E-state index in [-0.39, 0.29) is 28.2 Å². The molecule has 0 atom stereocenters. The van der Waals surface area contributed by atoms with Gasteiger partial charge in [-0.1, -0.05) is 17.2 Å². The Morgan fingerprint density at radius 3 is 2.16 bits per heavy atom. The predicted octanol–water partition coefficient (Wildman–Crippen LogP) is 5.94. The smallest absolute Gasteiger partial charge is 0.337 e. The van der Waals surface area contributed by atoms with Crippen LogP contribution < -0.4 is 5.73 Å². The maximum Gasteiger partial charge on any atom is 0.337 e. The molecule has 0 aliphatic carbocycles. The first-order valence-corrected chi connectivity index (χ1v) is 13.8. The van der Waals surface area contributed by atoms with Gasteiger partial charge in [-0.15, -0.1) is 24.8 Å². The summed E-state index contributed by atoms with van der Waals surface area (Å²) in [4.78, 5) is 32.4. The molecule has 0 heterocycles. The molecule has 0 radical (unpaired) electrons. The number of fused-ring (bicyclic) bond motifs is 1. The van der Waals surface area contributed by atoms with Gasteiger partial charge in [0.05, 0.1) is 44.1 Å². The van der Waals surface area contributed by atoms with Gasteiger partial charge < -0.3 is 21.1 Å². The lowest BCUT2D eigenvalue weighted by molar-refractivity contribution is -0.432. The van der Waals surface area contributed by atoms with Crippen molar-refractivity contribution >= 4 is 79.0 Å². The van der Waals surface area contributed by atoms with Gasteiger partial charge in [0.1, 0.15) is 27.6 Å². The van der Waals surface area contributed by atoms with Crippen molar-refractivity contribution in [2.45, 2.75) is 9.79 Å². The molecule has 0 spiro atoms. The first-order chi connectivity index (χ1) is 21.2. The molecule has 4 aromatic rings. The van der Waals surface area contributed by atoms with Gasteiger partial charge in [-0.2, -0.15) is 8.42 Å². The zero-order valence-corrected chi connectivity index (χ0v) is 23.5. The molecule has 0 unspecified atom stereocenters. The number of azo groups is 2. The number of aromatic carboxylic acids is 2. The number of benzene rings is 4. The molecule has 0 saturated carbocycles.